The van der Waals surface area contributed by atoms with Gasteiger partial charge in [0, 0.05) is 37.5 Å². The summed E-state index contributed by atoms with van der Waals surface area (Å²) in [6.07, 6.45) is 3.04. The maximum atomic E-state index is 5.46. The van der Waals surface area contributed by atoms with Crippen molar-refractivity contribution in [1.29, 1.82) is 0 Å². The van der Waals surface area contributed by atoms with Crippen LogP contribution in [0.1, 0.15) is 6.42 Å². The Bertz CT molecular complexity index is 290. The third-order valence-corrected chi connectivity index (χ3v) is 3.05. The fraction of sp³-hybridized carbons (Fsp3) is 0.538. The third-order valence-electron chi connectivity index (χ3n) is 2.30. The Labute approximate surface area is 108 Å². The maximum absolute atomic E-state index is 5.46. The van der Waals surface area contributed by atoms with Gasteiger partial charge >= 0.3 is 0 Å². The second-order valence-electron chi connectivity index (χ2n) is 3.61. The van der Waals surface area contributed by atoms with Crippen LogP contribution in [-0.4, -0.2) is 39.7 Å². The lowest BCUT2D eigenvalue weighted by Gasteiger charge is -2.07. The van der Waals surface area contributed by atoms with Gasteiger partial charge in [0.2, 0.25) is 0 Å². The maximum Gasteiger partial charge on any atom is 0.0639 e. The number of thioether (sulfide) groups is 1. The van der Waals surface area contributed by atoms with Gasteiger partial charge in [-0.2, -0.15) is 0 Å². The molecule has 96 valence electrons. The predicted octanol–water partition coefficient (Wildman–Crippen LogP) is 2.87. The lowest BCUT2D eigenvalue weighted by atomic mass is 10.3. The molecule has 0 unspecified atom stereocenters. The van der Waals surface area contributed by atoms with E-state index in [4.69, 9.17) is 9.47 Å². The first-order valence-corrected chi connectivity index (χ1v) is 7.04. The first kappa shape index (κ1) is 14.4. The highest BCUT2D eigenvalue weighted by atomic mass is 32.2. The van der Waals surface area contributed by atoms with Crippen molar-refractivity contribution in [2.45, 2.75) is 11.3 Å². The van der Waals surface area contributed by atoms with Crippen LogP contribution >= 0.6 is 11.8 Å². The highest BCUT2D eigenvalue weighted by molar-refractivity contribution is 7.98. The Morgan fingerprint density at radius 2 is 1.88 bits per heavy atom. The zero-order chi connectivity index (χ0) is 12.3. The van der Waals surface area contributed by atoms with Crippen LogP contribution in [-0.2, 0) is 9.47 Å². The van der Waals surface area contributed by atoms with E-state index in [2.05, 4.69) is 35.8 Å². The van der Waals surface area contributed by atoms with Crippen LogP contribution in [0.5, 0.6) is 0 Å². The van der Waals surface area contributed by atoms with Gasteiger partial charge in [-0.05, 0) is 36.9 Å². The predicted molar refractivity (Wildman–Crippen MR) is 74.0 cm³/mol. The molecule has 0 atom stereocenters. The van der Waals surface area contributed by atoms with Crippen molar-refractivity contribution in [3.63, 3.8) is 0 Å². The largest absolute Gasteiger partial charge is 0.385 e. The molecule has 0 amide bonds. The summed E-state index contributed by atoms with van der Waals surface area (Å²) in [6.45, 7) is 3.10. The lowest BCUT2D eigenvalue weighted by molar-refractivity contribution is 0.109. The van der Waals surface area contributed by atoms with E-state index >= 15 is 0 Å². The Morgan fingerprint density at radius 3 is 2.53 bits per heavy atom. The van der Waals surface area contributed by atoms with Gasteiger partial charge < -0.3 is 14.8 Å². The van der Waals surface area contributed by atoms with Gasteiger partial charge in [0.25, 0.3) is 0 Å². The van der Waals surface area contributed by atoms with E-state index in [0.717, 1.165) is 38.5 Å². The van der Waals surface area contributed by atoms with E-state index in [1.165, 1.54) is 4.90 Å². The first-order valence-electron chi connectivity index (χ1n) is 5.81. The average Bonchev–Trinajstić information content (AvgIpc) is 2.38. The molecule has 0 heterocycles. The summed E-state index contributed by atoms with van der Waals surface area (Å²) >= 11 is 1.75. The number of methoxy groups -OCH3 is 1. The monoisotopic (exact) mass is 255 g/mol. The summed E-state index contributed by atoms with van der Waals surface area (Å²) in [5, 5.41) is 3.32. The van der Waals surface area contributed by atoms with Crippen LogP contribution in [0.4, 0.5) is 5.69 Å². The molecule has 0 aromatic heterocycles. The smallest absolute Gasteiger partial charge is 0.0639 e. The molecule has 0 spiro atoms. The van der Waals surface area contributed by atoms with Crippen molar-refractivity contribution in [2.24, 2.45) is 0 Å². The average molecular weight is 255 g/mol. The molecule has 1 N–H and O–H groups in total. The van der Waals surface area contributed by atoms with E-state index in [0.29, 0.717) is 0 Å². The quantitative estimate of drug-likeness (QED) is 0.543. The number of anilines is 1. The Balaban J connectivity index is 2.05. The number of ether oxygens (including phenoxy) is 2. The van der Waals surface area contributed by atoms with Crippen molar-refractivity contribution in [2.75, 3.05) is 45.0 Å². The first-order chi connectivity index (χ1) is 8.36. The molecule has 1 aromatic rings. The summed E-state index contributed by atoms with van der Waals surface area (Å²) in [4.78, 5) is 1.28. The topological polar surface area (TPSA) is 30.5 Å². The number of nitrogens with one attached hydrogen (secondary N) is 1. The van der Waals surface area contributed by atoms with Gasteiger partial charge in [-0.1, -0.05) is 0 Å². The number of hydrogen-bond acceptors (Lipinski definition) is 4. The zero-order valence-corrected chi connectivity index (χ0v) is 11.4. The molecular weight excluding hydrogens is 234 g/mol. The minimum absolute atomic E-state index is 0.730. The fourth-order valence-electron chi connectivity index (χ4n) is 1.38. The van der Waals surface area contributed by atoms with Gasteiger partial charge in [-0.3, -0.25) is 0 Å². The molecule has 0 aliphatic carbocycles. The number of hydrogen-bond donors (Lipinski definition) is 1. The normalized spacial score (nSPS) is 10.5. The van der Waals surface area contributed by atoms with Crippen LogP contribution in [0.2, 0.25) is 0 Å². The Morgan fingerprint density at radius 1 is 1.12 bits per heavy atom. The molecule has 0 saturated heterocycles. The molecule has 0 saturated carbocycles. The van der Waals surface area contributed by atoms with Gasteiger partial charge in [0.1, 0.15) is 0 Å². The molecule has 1 rings (SSSR count). The molecule has 4 heteroatoms. The minimum atomic E-state index is 0.730. The number of benzene rings is 1. The van der Waals surface area contributed by atoms with Crippen LogP contribution in [0.3, 0.4) is 0 Å². The van der Waals surface area contributed by atoms with E-state index in [-0.39, 0.29) is 0 Å². The second kappa shape index (κ2) is 9.33. The second-order valence-corrected chi connectivity index (χ2v) is 4.49. The van der Waals surface area contributed by atoms with Crippen molar-refractivity contribution in [3.8, 4) is 0 Å². The van der Waals surface area contributed by atoms with Crippen molar-refractivity contribution in [1.82, 2.24) is 0 Å². The van der Waals surface area contributed by atoms with Crippen LogP contribution in [0.15, 0.2) is 29.2 Å². The number of rotatable bonds is 9. The third kappa shape index (κ3) is 6.56. The summed E-state index contributed by atoms with van der Waals surface area (Å²) in [5.74, 6) is 0. The van der Waals surface area contributed by atoms with Crippen molar-refractivity contribution < 1.29 is 9.47 Å². The van der Waals surface area contributed by atoms with Gasteiger partial charge in [0.05, 0.1) is 6.61 Å². The molecule has 17 heavy (non-hydrogen) atoms. The molecule has 0 aliphatic rings. The minimum Gasteiger partial charge on any atom is -0.385 e. The molecule has 0 radical (unpaired) electrons. The highest BCUT2D eigenvalue weighted by Gasteiger charge is 1.93. The lowest BCUT2D eigenvalue weighted by Crippen LogP contribution is -2.10. The molecule has 0 fully saturated rings. The van der Waals surface area contributed by atoms with Crippen molar-refractivity contribution in [3.05, 3.63) is 24.3 Å². The standard InChI is InChI=1S/C13H21NO2S/c1-15-9-3-10-16-11-8-14-12-4-6-13(17-2)7-5-12/h4-7,14H,3,8-11H2,1-2H3. The zero-order valence-electron chi connectivity index (χ0n) is 10.6. The Hall–Kier alpha value is -0.710. The Kier molecular flexibility index (Phi) is 7.88. The van der Waals surface area contributed by atoms with E-state index < -0.39 is 0 Å². The molecule has 0 aliphatic heterocycles. The summed E-state index contributed by atoms with van der Waals surface area (Å²) in [6, 6.07) is 8.42. The molecule has 1 aromatic carbocycles. The highest BCUT2D eigenvalue weighted by Crippen LogP contribution is 2.17. The fourth-order valence-corrected chi connectivity index (χ4v) is 1.79. The van der Waals surface area contributed by atoms with Crippen LogP contribution < -0.4 is 5.32 Å². The molecule has 3 nitrogen and oxygen atoms in total. The van der Waals surface area contributed by atoms with Crippen LogP contribution in [0, 0.1) is 0 Å². The molecular formula is C13H21NO2S. The van der Waals surface area contributed by atoms with E-state index in [9.17, 15) is 0 Å². The van der Waals surface area contributed by atoms with Crippen molar-refractivity contribution >= 4 is 17.4 Å². The SMILES string of the molecule is COCCCOCCNc1ccc(SC)cc1. The summed E-state index contributed by atoms with van der Waals surface area (Å²) < 4.78 is 10.4. The van der Waals surface area contributed by atoms with Gasteiger partial charge in [-0.15, -0.1) is 11.8 Å². The summed E-state index contributed by atoms with van der Waals surface area (Å²) in [5.41, 5.74) is 1.14. The van der Waals surface area contributed by atoms with Gasteiger partial charge in [-0.25, -0.2) is 0 Å². The summed E-state index contributed by atoms with van der Waals surface area (Å²) in [7, 11) is 1.71. The van der Waals surface area contributed by atoms with Gasteiger partial charge in [0.15, 0.2) is 0 Å². The van der Waals surface area contributed by atoms with Crippen LogP contribution in [0.25, 0.3) is 0 Å². The van der Waals surface area contributed by atoms with E-state index in [1.807, 2.05) is 0 Å². The molecule has 0 bridgehead atoms. The van der Waals surface area contributed by atoms with E-state index in [1.54, 1.807) is 18.9 Å².